The first-order valence-corrected chi connectivity index (χ1v) is 6.57. The van der Waals surface area contributed by atoms with E-state index in [4.69, 9.17) is 4.74 Å². The summed E-state index contributed by atoms with van der Waals surface area (Å²) < 4.78 is 7.03. The van der Waals surface area contributed by atoms with Gasteiger partial charge in [-0.05, 0) is 5.92 Å². The van der Waals surface area contributed by atoms with Gasteiger partial charge in [-0.25, -0.2) is 0 Å². The molecule has 1 N–H and O–H groups in total. The molecular weight excluding hydrogens is 226 g/mol. The third-order valence-electron chi connectivity index (χ3n) is 2.87. The fourth-order valence-electron chi connectivity index (χ4n) is 2.10. The topological polar surface area (TPSA) is 39.1 Å². The van der Waals surface area contributed by atoms with Crippen molar-refractivity contribution < 1.29 is 4.74 Å². The Labute approximate surface area is 111 Å². The van der Waals surface area contributed by atoms with Crippen molar-refractivity contribution in [2.75, 3.05) is 20.3 Å². The normalized spacial score (nSPS) is 13.9. The van der Waals surface area contributed by atoms with Crippen molar-refractivity contribution in [2.45, 2.75) is 39.7 Å². The van der Waals surface area contributed by atoms with E-state index in [-0.39, 0.29) is 5.41 Å². The molecule has 1 heterocycles. The summed E-state index contributed by atoms with van der Waals surface area (Å²) in [5.74, 6) is 0.532. The lowest BCUT2D eigenvalue weighted by Crippen LogP contribution is -2.25. The van der Waals surface area contributed by atoms with Gasteiger partial charge in [0.2, 0.25) is 0 Å². The van der Waals surface area contributed by atoms with Crippen LogP contribution in [0.25, 0.3) is 0 Å². The van der Waals surface area contributed by atoms with E-state index in [1.165, 1.54) is 11.3 Å². The molecule has 0 saturated heterocycles. The minimum Gasteiger partial charge on any atom is -0.384 e. The Morgan fingerprint density at radius 2 is 2.11 bits per heavy atom. The van der Waals surface area contributed by atoms with E-state index in [9.17, 15) is 0 Å². The minimum atomic E-state index is 0.0937. The molecule has 0 radical (unpaired) electrons. The van der Waals surface area contributed by atoms with Crippen molar-refractivity contribution in [1.29, 1.82) is 0 Å². The van der Waals surface area contributed by atoms with E-state index in [0.29, 0.717) is 5.92 Å². The van der Waals surface area contributed by atoms with Crippen molar-refractivity contribution in [1.82, 2.24) is 15.1 Å². The highest BCUT2D eigenvalue weighted by atomic mass is 16.5. The summed E-state index contributed by atoms with van der Waals surface area (Å²) in [5, 5.41) is 8.05. The molecule has 0 aliphatic rings. The van der Waals surface area contributed by atoms with E-state index in [1.54, 1.807) is 7.11 Å². The van der Waals surface area contributed by atoms with Crippen LogP contribution in [0.1, 0.15) is 39.0 Å². The zero-order chi connectivity index (χ0) is 13.8. The molecule has 1 atom stereocenters. The summed E-state index contributed by atoms with van der Waals surface area (Å²) in [7, 11) is 3.72. The first-order chi connectivity index (χ1) is 8.34. The van der Waals surface area contributed by atoms with E-state index in [1.807, 2.05) is 11.7 Å². The fraction of sp³-hybridized carbons (Fsp3) is 0.786. The number of nitrogens with zero attached hydrogens (tertiary/aromatic N) is 2. The summed E-state index contributed by atoms with van der Waals surface area (Å²) in [6.45, 7) is 11.4. The first kappa shape index (κ1) is 15.2. The third kappa shape index (κ3) is 4.42. The van der Waals surface area contributed by atoms with Gasteiger partial charge >= 0.3 is 0 Å². The Morgan fingerprint density at radius 1 is 1.44 bits per heavy atom. The monoisotopic (exact) mass is 253 g/mol. The molecule has 1 aromatic heterocycles. The van der Waals surface area contributed by atoms with Gasteiger partial charge in [0.15, 0.2) is 0 Å². The van der Waals surface area contributed by atoms with Crippen LogP contribution in [-0.4, -0.2) is 30.0 Å². The fourth-order valence-corrected chi connectivity index (χ4v) is 2.10. The van der Waals surface area contributed by atoms with Gasteiger partial charge in [0.1, 0.15) is 0 Å². The number of nitrogens with one attached hydrogen (secondary N) is 1. The number of rotatable bonds is 6. The van der Waals surface area contributed by atoms with Crippen molar-refractivity contribution in [3.8, 4) is 0 Å². The molecule has 0 aromatic carbocycles. The van der Waals surface area contributed by atoms with Gasteiger partial charge in [0, 0.05) is 51.0 Å². The molecule has 1 rings (SSSR count). The highest BCUT2D eigenvalue weighted by Gasteiger charge is 2.21. The standard InChI is InChI=1S/C14H27N3O/c1-11(10-18-6)7-15-8-12-9-17(5)16-13(12)14(2,3)4/h9,11,15H,7-8,10H2,1-6H3. The second kappa shape index (κ2) is 6.34. The smallest absolute Gasteiger partial charge is 0.0722 e. The number of hydrogen-bond donors (Lipinski definition) is 1. The molecule has 4 heteroatoms. The summed E-state index contributed by atoms with van der Waals surface area (Å²) in [6, 6.07) is 0. The van der Waals surface area contributed by atoms with Gasteiger partial charge in [0.25, 0.3) is 0 Å². The Morgan fingerprint density at radius 3 is 2.67 bits per heavy atom. The second-order valence-electron chi connectivity index (χ2n) is 6.12. The Bertz CT molecular complexity index is 366. The number of ether oxygens (including phenoxy) is 1. The van der Waals surface area contributed by atoms with Crippen LogP contribution in [0.4, 0.5) is 0 Å². The van der Waals surface area contributed by atoms with Crippen LogP contribution >= 0.6 is 0 Å². The average molecular weight is 253 g/mol. The first-order valence-electron chi connectivity index (χ1n) is 6.57. The maximum absolute atomic E-state index is 5.13. The van der Waals surface area contributed by atoms with E-state index in [2.05, 4.69) is 44.3 Å². The van der Waals surface area contributed by atoms with Crippen LogP contribution < -0.4 is 5.32 Å². The van der Waals surface area contributed by atoms with Crippen molar-refractivity contribution in [3.05, 3.63) is 17.5 Å². The van der Waals surface area contributed by atoms with E-state index in [0.717, 1.165) is 19.7 Å². The molecule has 0 spiro atoms. The van der Waals surface area contributed by atoms with Crippen LogP contribution in [0.2, 0.25) is 0 Å². The predicted molar refractivity (Wildman–Crippen MR) is 74.7 cm³/mol. The molecule has 4 nitrogen and oxygen atoms in total. The molecule has 0 aliphatic heterocycles. The summed E-state index contributed by atoms with van der Waals surface area (Å²) in [6.07, 6.45) is 2.11. The predicted octanol–water partition coefficient (Wildman–Crippen LogP) is 2.09. The molecule has 18 heavy (non-hydrogen) atoms. The third-order valence-corrected chi connectivity index (χ3v) is 2.87. The maximum atomic E-state index is 5.13. The summed E-state index contributed by atoms with van der Waals surface area (Å²) in [4.78, 5) is 0. The molecule has 0 fully saturated rings. The van der Waals surface area contributed by atoms with Gasteiger partial charge < -0.3 is 10.1 Å². The quantitative estimate of drug-likeness (QED) is 0.844. The van der Waals surface area contributed by atoms with Gasteiger partial charge in [-0.3, -0.25) is 4.68 Å². The van der Waals surface area contributed by atoms with Crippen molar-refractivity contribution >= 4 is 0 Å². The zero-order valence-electron chi connectivity index (χ0n) is 12.6. The Kier molecular flexibility index (Phi) is 5.35. The molecule has 0 amide bonds. The Hall–Kier alpha value is -0.870. The van der Waals surface area contributed by atoms with Gasteiger partial charge in [0.05, 0.1) is 5.69 Å². The lowest BCUT2D eigenvalue weighted by Gasteiger charge is -2.18. The lowest BCUT2D eigenvalue weighted by atomic mass is 9.89. The van der Waals surface area contributed by atoms with E-state index < -0.39 is 0 Å². The molecule has 0 bridgehead atoms. The SMILES string of the molecule is COCC(C)CNCc1cn(C)nc1C(C)(C)C. The Balaban J connectivity index is 2.57. The minimum absolute atomic E-state index is 0.0937. The van der Waals surface area contributed by atoms with Crippen LogP contribution in [0.5, 0.6) is 0 Å². The number of aryl methyl sites for hydroxylation is 1. The average Bonchev–Trinajstić information content (AvgIpc) is 2.60. The number of methoxy groups -OCH3 is 1. The highest BCUT2D eigenvalue weighted by Crippen LogP contribution is 2.23. The molecule has 1 aromatic rings. The zero-order valence-corrected chi connectivity index (χ0v) is 12.6. The summed E-state index contributed by atoms with van der Waals surface area (Å²) in [5.41, 5.74) is 2.56. The van der Waals surface area contributed by atoms with Crippen LogP contribution in [0.15, 0.2) is 6.20 Å². The molecule has 0 saturated carbocycles. The molecule has 0 aliphatic carbocycles. The van der Waals surface area contributed by atoms with Gasteiger partial charge in [-0.15, -0.1) is 0 Å². The molecular formula is C14H27N3O. The van der Waals surface area contributed by atoms with Crippen molar-refractivity contribution in [3.63, 3.8) is 0 Å². The van der Waals surface area contributed by atoms with Crippen LogP contribution in [-0.2, 0) is 23.7 Å². The number of hydrogen-bond acceptors (Lipinski definition) is 3. The van der Waals surface area contributed by atoms with Crippen LogP contribution in [0.3, 0.4) is 0 Å². The lowest BCUT2D eigenvalue weighted by molar-refractivity contribution is 0.158. The molecule has 1 unspecified atom stereocenters. The van der Waals surface area contributed by atoms with Crippen molar-refractivity contribution in [2.24, 2.45) is 13.0 Å². The van der Waals surface area contributed by atoms with E-state index >= 15 is 0 Å². The maximum Gasteiger partial charge on any atom is 0.0722 e. The van der Waals surface area contributed by atoms with Crippen LogP contribution in [0, 0.1) is 5.92 Å². The summed E-state index contributed by atoms with van der Waals surface area (Å²) >= 11 is 0. The number of aromatic nitrogens is 2. The second-order valence-corrected chi connectivity index (χ2v) is 6.12. The highest BCUT2D eigenvalue weighted by molar-refractivity contribution is 5.23. The molecule has 104 valence electrons. The largest absolute Gasteiger partial charge is 0.384 e. The van der Waals surface area contributed by atoms with Gasteiger partial charge in [-0.2, -0.15) is 5.10 Å². The van der Waals surface area contributed by atoms with Gasteiger partial charge in [-0.1, -0.05) is 27.7 Å².